The number of ether oxygens (including phenoxy) is 1. The molecule has 9 nitrogen and oxygen atoms in total. The van der Waals surface area contributed by atoms with Crippen LogP contribution in [0, 0.1) is 5.92 Å². The molecule has 194 valence electrons. The van der Waals surface area contributed by atoms with Crippen LogP contribution in [0.3, 0.4) is 0 Å². The van der Waals surface area contributed by atoms with Gasteiger partial charge in [0.25, 0.3) is 0 Å². The number of hydrogen-bond acceptors (Lipinski definition) is 8. The number of aromatic nitrogens is 4. The van der Waals surface area contributed by atoms with Gasteiger partial charge in [-0.25, -0.2) is 5.84 Å². The molecule has 0 saturated carbocycles. The lowest BCUT2D eigenvalue weighted by atomic mass is 9.89. The summed E-state index contributed by atoms with van der Waals surface area (Å²) < 4.78 is 8.03. The minimum atomic E-state index is -0.996. The van der Waals surface area contributed by atoms with E-state index in [1.165, 1.54) is 5.01 Å². The van der Waals surface area contributed by atoms with Crippen LogP contribution >= 0.6 is 0 Å². The van der Waals surface area contributed by atoms with Gasteiger partial charge in [0.2, 0.25) is 0 Å². The number of nitrogens with zero attached hydrogens (tertiary/aromatic N) is 5. The first kappa shape index (κ1) is 25.1. The standard InChI is InChI=1S/C28H35N7O2/c1-17(29)26(34(4)30)19-14-24-25(31-16-19)21-8-7-20(28(2,3)36)15-23(21)35(24)27(18-9-12-37-13-10-18)22-6-5-11-32-33-22/h5-8,11,14-16,18,27,36H,9-10,12-13,29-30H2,1-4H3/b26-17-. The van der Waals surface area contributed by atoms with Gasteiger partial charge in [0.1, 0.15) is 0 Å². The van der Waals surface area contributed by atoms with E-state index in [9.17, 15) is 5.11 Å². The SMILES string of the molecule is C/C(N)=C(\c1cnc2c3ccc(C(C)(C)O)cc3n(C(c3cccnn3)C3CCOCC3)c2c1)N(C)N. The lowest BCUT2D eigenvalue weighted by Crippen LogP contribution is -2.28. The highest BCUT2D eigenvalue weighted by molar-refractivity contribution is 6.06. The number of hydrogen-bond donors (Lipinski definition) is 3. The Morgan fingerprint density at radius 3 is 2.57 bits per heavy atom. The molecule has 1 fully saturated rings. The van der Waals surface area contributed by atoms with Gasteiger partial charge < -0.3 is 25.2 Å². The Labute approximate surface area is 216 Å². The first-order valence-electron chi connectivity index (χ1n) is 12.6. The molecule has 0 amide bonds. The quantitative estimate of drug-likeness (QED) is 0.270. The van der Waals surface area contributed by atoms with E-state index in [1.54, 1.807) is 27.1 Å². The summed E-state index contributed by atoms with van der Waals surface area (Å²) in [6.45, 7) is 6.84. The van der Waals surface area contributed by atoms with Crippen molar-refractivity contribution >= 4 is 27.6 Å². The second-order valence-corrected chi connectivity index (χ2v) is 10.4. The van der Waals surface area contributed by atoms with E-state index < -0.39 is 5.60 Å². The highest BCUT2D eigenvalue weighted by Gasteiger charge is 2.32. The van der Waals surface area contributed by atoms with Gasteiger partial charge in [-0.05, 0) is 69.4 Å². The van der Waals surface area contributed by atoms with Gasteiger partial charge in [-0.2, -0.15) is 10.2 Å². The van der Waals surface area contributed by atoms with Gasteiger partial charge in [0.15, 0.2) is 0 Å². The molecule has 1 saturated heterocycles. The number of benzene rings is 1. The third-order valence-corrected chi connectivity index (χ3v) is 7.23. The molecule has 37 heavy (non-hydrogen) atoms. The highest BCUT2D eigenvalue weighted by Crippen LogP contribution is 2.41. The Balaban J connectivity index is 1.87. The number of pyridine rings is 1. The Bertz CT molecular complexity index is 1440. The van der Waals surface area contributed by atoms with Crippen LogP contribution in [-0.4, -0.2) is 50.1 Å². The van der Waals surface area contributed by atoms with Crippen molar-refractivity contribution < 1.29 is 9.84 Å². The van der Waals surface area contributed by atoms with E-state index >= 15 is 0 Å². The molecule has 0 radical (unpaired) electrons. The number of hydrazine groups is 1. The largest absolute Gasteiger partial charge is 0.401 e. The maximum Gasteiger partial charge on any atom is 0.0960 e. The molecule has 1 unspecified atom stereocenters. The molecule has 9 heteroatoms. The van der Waals surface area contributed by atoms with Crippen molar-refractivity contribution in [2.24, 2.45) is 17.5 Å². The fourth-order valence-corrected chi connectivity index (χ4v) is 5.51. The maximum atomic E-state index is 10.9. The minimum absolute atomic E-state index is 0.103. The average Bonchev–Trinajstić information content (AvgIpc) is 3.18. The Hall–Kier alpha value is -3.53. The summed E-state index contributed by atoms with van der Waals surface area (Å²) in [5.74, 6) is 6.44. The normalized spacial score (nSPS) is 16.7. The van der Waals surface area contributed by atoms with Crippen LogP contribution in [-0.2, 0) is 10.3 Å². The lowest BCUT2D eigenvalue weighted by molar-refractivity contribution is 0.0546. The molecule has 5 rings (SSSR count). The van der Waals surface area contributed by atoms with E-state index in [-0.39, 0.29) is 12.0 Å². The summed E-state index contributed by atoms with van der Waals surface area (Å²) >= 11 is 0. The van der Waals surface area contributed by atoms with Crippen LogP contribution in [0.4, 0.5) is 0 Å². The second-order valence-electron chi connectivity index (χ2n) is 10.4. The van der Waals surface area contributed by atoms with Crippen molar-refractivity contribution in [3.8, 4) is 0 Å². The van der Waals surface area contributed by atoms with Gasteiger partial charge in [0, 0.05) is 49.3 Å². The second kappa shape index (κ2) is 9.74. The fourth-order valence-electron chi connectivity index (χ4n) is 5.51. The van der Waals surface area contributed by atoms with Crippen molar-refractivity contribution in [2.75, 3.05) is 20.3 Å². The molecule has 1 aromatic carbocycles. The van der Waals surface area contributed by atoms with Crippen LogP contribution in [0.15, 0.2) is 54.5 Å². The molecule has 1 atom stereocenters. The molecule has 4 heterocycles. The fraction of sp³-hybridized carbons (Fsp3) is 0.393. The van der Waals surface area contributed by atoms with Crippen LogP contribution < -0.4 is 11.6 Å². The summed E-state index contributed by atoms with van der Waals surface area (Å²) in [5.41, 5.74) is 11.9. The third kappa shape index (κ3) is 4.66. The van der Waals surface area contributed by atoms with E-state index in [0.717, 1.165) is 51.6 Å². The number of fused-ring (bicyclic) bond motifs is 3. The maximum absolute atomic E-state index is 10.9. The number of nitrogens with two attached hydrogens (primary N) is 2. The summed E-state index contributed by atoms with van der Waals surface area (Å²) in [4.78, 5) is 4.91. The summed E-state index contributed by atoms with van der Waals surface area (Å²) in [5, 5.41) is 22.2. The van der Waals surface area contributed by atoms with Crippen LogP contribution in [0.25, 0.3) is 27.6 Å². The summed E-state index contributed by atoms with van der Waals surface area (Å²) in [6, 6.07) is 12.0. The number of rotatable bonds is 6. The Morgan fingerprint density at radius 2 is 1.95 bits per heavy atom. The van der Waals surface area contributed by atoms with Crippen LogP contribution in [0.1, 0.15) is 56.5 Å². The molecule has 0 bridgehead atoms. The molecule has 5 N–H and O–H groups in total. The van der Waals surface area contributed by atoms with Gasteiger partial charge >= 0.3 is 0 Å². The van der Waals surface area contributed by atoms with E-state index in [2.05, 4.69) is 26.9 Å². The first-order chi connectivity index (χ1) is 17.7. The summed E-state index contributed by atoms with van der Waals surface area (Å²) in [6.07, 6.45) is 5.32. The van der Waals surface area contributed by atoms with Crippen molar-refractivity contribution in [3.63, 3.8) is 0 Å². The lowest BCUT2D eigenvalue weighted by Gasteiger charge is -2.32. The van der Waals surface area contributed by atoms with Crippen LogP contribution in [0.2, 0.25) is 0 Å². The van der Waals surface area contributed by atoms with Crippen molar-refractivity contribution in [1.82, 2.24) is 24.8 Å². The molecule has 0 aliphatic carbocycles. The topological polar surface area (TPSA) is 128 Å². The van der Waals surface area contributed by atoms with Crippen LogP contribution in [0.5, 0.6) is 0 Å². The molecular formula is C28H35N7O2. The number of aliphatic hydroxyl groups is 1. The molecule has 3 aromatic heterocycles. The predicted octanol–water partition coefficient (Wildman–Crippen LogP) is 3.68. The molecular weight excluding hydrogens is 466 g/mol. The van der Waals surface area contributed by atoms with Gasteiger partial charge in [-0.1, -0.05) is 12.1 Å². The van der Waals surface area contributed by atoms with Gasteiger partial charge in [-0.15, -0.1) is 0 Å². The molecule has 1 aliphatic heterocycles. The average molecular weight is 502 g/mol. The van der Waals surface area contributed by atoms with Gasteiger partial charge in [0.05, 0.1) is 39.6 Å². The zero-order valence-corrected chi connectivity index (χ0v) is 21.8. The number of allylic oxidation sites excluding steroid dienone is 1. The predicted molar refractivity (Wildman–Crippen MR) is 145 cm³/mol. The van der Waals surface area contributed by atoms with Crippen molar-refractivity contribution in [2.45, 2.75) is 45.3 Å². The van der Waals surface area contributed by atoms with Crippen molar-refractivity contribution in [1.29, 1.82) is 0 Å². The van der Waals surface area contributed by atoms with E-state index in [4.69, 9.17) is 21.3 Å². The van der Waals surface area contributed by atoms with Crippen molar-refractivity contribution in [3.05, 3.63) is 71.3 Å². The Kier molecular flexibility index (Phi) is 6.61. The minimum Gasteiger partial charge on any atom is -0.401 e. The summed E-state index contributed by atoms with van der Waals surface area (Å²) in [7, 11) is 1.77. The Morgan fingerprint density at radius 1 is 1.19 bits per heavy atom. The smallest absolute Gasteiger partial charge is 0.0960 e. The first-order valence-corrected chi connectivity index (χ1v) is 12.6. The highest BCUT2D eigenvalue weighted by atomic mass is 16.5. The molecule has 1 aliphatic rings. The van der Waals surface area contributed by atoms with E-state index in [1.807, 2.05) is 37.4 Å². The van der Waals surface area contributed by atoms with Gasteiger partial charge in [-0.3, -0.25) is 4.98 Å². The zero-order chi connectivity index (χ0) is 26.3. The molecule has 0 spiro atoms. The molecule has 4 aromatic rings. The van der Waals surface area contributed by atoms with E-state index in [0.29, 0.717) is 24.6 Å². The monoisotopic (exact) mass is 501 g/mol. The third-order valence-electron chi connectivity index (χ3n) is 7.23. The zero-order valence-electron chi connectivity index (χ0n) is 21.8.